The number of carbonyl (C=O) groups excluding carboxylic acids is 1. The van der Waals surface area contributed by atoms with Gasteiger partial charge in [0.25, 0.3) is 5.91 Å². The van der Waals surface area contributed by atoms with Gasteiger partial charge in [-0.3, -0.25) is 4.79 Å². The zero-order chi connectivity index (χ0) is 14.3. The zero-order valence-electron chi connectivity index (χ0n) is 11.8. The molecule has 1 aliphatic heterocycles. The van der Waals surface area contributed by atoms with E-state index in [-0.39, 0.29) is 11.9 Å². The minimum atomic E-state index is 0.00144. The summed E-state index contributed by atoms with van der Waals surface area (Å²) in [5.41, 5.74) is 7.79. The van der Waals surface area contributed by atoms with Crippen LogP contribution in [0.15, 0.2) is 18.5 Å². The molecule has 20 heavy (non-hydrogen) atoms. The summed E-state index contributed by atoms with van der Waals surface area (Å²) in [7, 11) is 0. The lowest BCUT2D eigenvalue weighted by Gasteiger charge is -2.20. The van der Waals surface area contributed by atoms with Gasteiger partial charge in [0.15, 0.2) is 5.65 Å². The van der Waals surface area contributed by atoms with Crippen LogP contribution in [0.1, 0.15) is 29.4 Å². The summed E-state index contributed by atoms with van der Waals surface area (Å²) in [5.74, 6) is 0.395. The third kappa shape index (κ3) is 2.06. The fourth-order valence-electron chi connectivity index (χ4n) is 2.86. The molecule has 3 heterocycles. The summed E-state index contributed by atoms with van der Waals surface area (Å²) < 4.78 is 1.64. The molecule has 0 saturated carbocycles. The smallest absolute Gasteiger partial charge is 0.259 e. The highest BCUT2D eigenvalue weighted by molar-refractivity contribution is 5.99. The maximum Gasteiger partial charge on any atom is 0.259 e. The second-order valence-electron chi connectivity index (χ2n) is 5.54. The van der Waals surface area contributed by atoms with Gasteiger partial charge in [0.1, 0.15) is 5.56 Å². The molecular weight excluding hydrogens is 254 g/mol. The van der Waals surface area contributed by atoms with Crippen LogP contribution in [0, 0.1) is 12.8 Å². The number of likely N-dealkylation sites (tertiary alicyclic amines) is 1. The van der Waals surface area contributed by atoms with Gasteiger partial charge >= 0.3 is 0 Å². The fraction of sp³-hybridized carbons (Fsp3) is 0.500. The second kappa shape index (κ2) is 4.86. The van der Waals surface area contributed by atoms with E-state index in [1.807, 2.05) is 24.1 Å². The van der Waals surface area contributed by atoms with E-state index in [4.69, 9.17) is 5.73 Å². The van der Waals surface area contributed by atoms with E-state index >= 15 is 0 Å². The summed E-state index contributed by atoms with van der Waals surface area (Å²) in [5, 5.41) is 4.20. The summed E-state index contributed by atoms with van der Waals surface area (Å²) in [6.45, 7) is 5.32. The summed E-state index contributed by atoms with van der Waals surface area (Å²) in [6, 6.07) is 2.09. The number of rotatable bonds is 2. The van der Waals surface area contributed by atoms with Crippen LogP contribution >= 0.6 is 0 Å². The molecule has 2 aromatic heterocycles. The number of aromatic nitrogens is 3. The highest BCUT2D eigenvalue weighted by Gasteiger charge is 2.33. The van der Waals surface area contributed by atoms with E-state index in [2.05, 4.69) is 17.0 Å². The lowest BCUT2D eigenvalue weighted by Crippen LogP contribution is -2.34. The van der Waals surface area contributed by atoms with E-state index in [9.17, 15) is 4.79 Å². The van der Waals surface area contributed by atoms with Gasteiger partial charge in [-0.15, -0.1) is 0 Å². The molecule has 1 amide bonds. The molecule has 1 fully saturated rings. The Labute approximate surface area is 117 Å². The highest BCUT2D eigenvalue weighted by Crippen LogP contribution is 2.25. The molecule has 0 spiro atoms. The molecule has 2 atom stereocenters. The average Bonchev–Trinajstić information content (AvgIpc) is 3.01. The molecule has 2 aromatic rings. The molecule has 0 aromatic carbocycles. The molecule has 3 rings (SSSR count). The van der Waals surface area contributed by atoms with Crippen LogP contribution in [0.5, 0.6) is 0 Å². The number of fused-ring (bicyclic) bond motifs is 1. The maximum absolute atomic E-state index is 12.7. The molecule has 6 heteroatoms. The molecule has 1 aliphatic rings. The molecule has 106 valence electrons. The average molecular weight is 273 g/mol. The van der Waals surface area contributed by atoms with Crippen LogP contribution in [0.2, 0.25) is 0 Å². The van der Waals surface area contributed by atoms with Crippen molar-refractivity contribution in [1.82, 2.24) is 19.5 Å². The minimum Gasteiger partial charge on any atom is -0.335 e. The maximum atomic E-state index is 12.7. The van der Waals surface area contributed by atoms with Crippen LogP contribution in [-0.2, 0) is 0 Å². The Kier molecular flexibility index (Phi) is 3.17. The molecule has 0 bridgehead atoms. The standard InChI is InChI=1S/C14H19N5O/c1-9-3-4-19-13(17-9)12(7-16-19)14(20)18-8-11(6-15)5-10(18)2/h3-4,7,10-11H,5-6,8,15H2,1-2H3. The van der Waals surface area contributed by atoms with Gasteiger partial charge in [-0.25, -0.2) is 9.50 Å². The normalized spacial score (nSPS) is 22.6. The fourth-order valence-corrected chi connectivity index (χ4v) is 2.86. The number of carbonyl (C=O) groups is 1. The van der Waals surface area contributed by atoms with Gasteiger partial charge in [-0.1, -0.05) is 0 Å². The van der Waals surface area contributed by atoms with E-state index in [0.717, 1.165) is 18.7 Å². The van der Waals surface area contributed by atoms with Gasteiger partial charge in [-0.2, -0.15) is 5.10 Å². The van der Waals surface area contributed by atoms with Gasteiger partial charge < -0.3 is 10.6 Å². The third-order valence-corrected chi connectivity index (χ3v) is 3.99. The summed E-state index contributed by atoms with van der Waals surface area (Å²) >= 11 is 0. The Hall–Kier alpha value is -1.95. The Morgan fingerprint density at radius 2 is 2.35 bits per heavy atom. The van der Waals surface area contributed by atoms with Crippen molar-refractivity contribution in [2.24, 2.45) is 11.7 Å². The zero-order valence-corrected chi connectivity index (χ0v) is 11.8. The van der Waals surface area contributed by atoms with Gasteiger partial charge in [0.2, 0.25) is 0 Å². The monoisotopic (exact) mass is 273 g/mol. The number of aryl methyl sites for hydroxylation is 1. The first-order valence-electron chi connectivity index (χ1n) is 6.92. The Bertz CT molecular complexity index is 650. The first-order valence-corrected chi connectivity index (χ1v) is 6.92. The van der Waals surface area contributed by atoms with Crippen LogP contribution in [0.3, 0.4) is 0 Å². The van der Waals surface area contributed by atoms with Gasteiger partial charge in [0, 0.05) is 24.5 Å². The van der Waals surface area contributed by atoms with Crippen LogP contribution in [0.4, 0.5) is 0 Å². The lowest BCUT2D eigenvalue weighted by molar-refractivity contribution is 0.0745. The molecule has 0 aliphatic carbocycles. The Balaban J connectivity index is 1.95. The van der Waals surface area contributed by atoms with Crippen molar-refractivity contribution in [3.8, 4) is 0 Å². The number of nitrogens with zero attached hydrogens (tertiary/aromatic N) is 4. The Morgan fingerprint density at radius 1 is 1.55 bits per heavy atom. The largest absolute Gasteiger partial charge is 0.335 e. The molecule has 1 saturated heterocycles. The van der Waals surface area contributed by atoms with E-state index < -0.39 is 0 Å². The van der Waals surface area contributed by atoms with Crippen molar-refractivity contribution in [3.63, 3.8) is 0 Å². The van der Waals surface area contributed by atoms with E-state index in [1.54, 1.807) is 10.7 Å². The van der Waals surface area contributed by atoms with E-state index in [1.165, 1.54) is 0 Å². The Morgan fingerprint density at radius 3 is 3.05 bits per heavy atom. The van der Waals surface area contributed by atoms with Crippen molar-refractivity contribution < 1.29 is 4.79 Å². The van der Waals surface area contributed by atoms with Crippen LogP contribution < -0.4 is 5.73 Å². The van der Waals surface area contributed by atoms with Crippen LogP contribution in [-0.4, -0.2) is 44.5 Å². The lowest BCUT2D eigenvalue weighted by atomic mass is 10.1. The third-order valence-electron chi connectivity index (χ3n) is 3.99. The number of nitrogens with two attached hydrogens (primary N) is 1. The summed E-state index contributed by atoms with van der Waals surface area (Å²) in [4.78, 5) is 19.0. The van der Waals surface area contributed by atoms with Crippen molar-refractivity contribution >= 4 is 11.6 Å². The molecule has 6 nitrogen and oxygen atoms in total. The first-order chi connectivity index (χ1) is 9.60. The number of hydrogen-bond donors (Lipinski definition) is 1. The predicted octanol–water partition coefficient (Wildman–Crippen LogP) is 0.847. The quantitative estimate of drug-likeness (QED) is 0.880. The summed E-state index contributed by atoms with van der Waals surface area (Å²) in [6.07, 6.45) is 4.39. The highest BCUT2D eigenvalue weighted by atomic mass is 16.2. The van der Waals surface area contributed by atoms with Crippen molar-refractivity contribution in [2.45, 2.75) is 26.3 Å². The predicted molar refractivity (Wildman–Crippen MR) is 75.4 cm³/mol. The van der Waals surface area contributed by atoms with E-state index in [0.29, 0.717) is 23.7 Å². The van der Waals surface area contributed by atoms with Gasteiger partial charge in [-0.05, 0) is 38.8 Å². The molecular formula is C14H19N5O. The van der Waals surface area contributed by atoms with Crippen molar-refractivity contribution in [2.75, 3.05) is 13.1 Å². The SMILES string of the molecule is Cc1ccn2ncc(C(=O)N3CC(CN)CC3C)c2n1. The number of hydrogen-bond acceptors (Lipinski definition) is 4. The van der Waals surface area contributed by atoms with Crippen molar-refractivity contribution in [3.05, 3.63) is 29.7 Å². The second-order valence-corrected chi connectivity index (χ2v) is 5.54. The number of amides is 1. The van der Waals surface area contributed by atoms with Crippen LogP contribution in [0.25, 0.3) is 5.65 Å². The molecule has 2 unspecified atom stereocenters. The topological polar surface area (TPSA) is 76.5 Å². The minimum absolute atomic E-state index is 0.00144. The first kappa shape index (κ1) is 13.1. The van der Waals surface area contributed by atoms with Gasteiger partial charge in [0.05, 0.1) is 6.20 Å². The molecule has 2 N–H and O–H groups in total. The molecule has 0 radical (unpaired) electrons. The van der Waals surface area contributed by atoms with Crippen molar-refractivity contribution in [1.29, 1.82) is 0 Å².